The average molecular weight is 300 g/mol. The van der Waals surface area contributed by atoms with Gasteiger partial charge in [0.1, 0.15) is 5.82 Å². The van der Waals surface area contributed by atoms with Crippen molar-refractivity contribution in [2.24, 2.45) is 5.73 Å². The van der Waals surface area contributed by atoms with Crippen molar-refractivity contribution >= 4 is 11.6 Å². The fourth-order valence-corrected chi connectivity index (χ4v) is 2.15. The van der Waals surface area contributed by atoms with Crippen LogP contribution in [0.15, 0.2) is 36.4 Å². The smallest absolute Gasteiger partial charge is 0.162 e. The highest BCUT2D eigenvalue weighted by Crippen LogP contribution is 2.18. The molecule has 1 nitrogen and oxygen atoms in total. The largest absolute Gasteiger partial charge is 0.327 e. The Hall–Kier alpha value is -1.52. The number of halogens is 4. The molecule has 0 radical (unpaired) electrons. The van der Waals surface area contributed by atoms with Gasteiger partial charge in [-0.15, -0.1) is 0 Å². The maximum Gasteiger partial charge on any atom is 0.162 e. The van der Waals surface area contributed by atoms with Crippen molar-refractivity contribution in [3.05, 3.63) is 70.0 Å². The van der Waals surface area contributed by atoms with Gasteiger partial charge in [-0.3, -0.25) is 0 Å². The van der Waals surface area contributed by atoms with Crippen molar-refractivity contribution in [3.8, 4) is 0 Å². The predicted molar refractivity (Wildman–Crippen MR) is 73.2 cm³/mol. The molecule has 0 aromatic heterocycles. The molecule has 1 atom stereocenters. The van der Waals surface area contributed by atoms with Gasteiger partial charge in [0.05, 0.1) is 5.02 Å². The van der Waals surface area contributed by atoms with E-state index in [1.807, 2.05) is 0 Å². The third-order valence-electron chi connectivity index (χ3n) is 3.00. The first-order valence-corrected chi connectivity index (χ1v) is 6.47. The molecule has 0 saturated carbocycles. The Morgan fingerprint density at radius 2 is 1.75 bits per heavy atom. The number of nitrogens with two attached hydrogens (primary N) is 1. The van der Waals surface area contributed by atoms with E-state index in [-0.39, 0.29) is 17.0 Å². The number of hydrogen-bond acceptors (Lipinski definition) is 1. The summed E-state index contributed by atoms with van der Waals surface area (Å²) < 4.78 is 39.9. The Bertz CT molecular complexity index is 616. The van der Waals surface area contributed by atoms with Crippen molar-refractivity contribution in [1.29, 1.82) is 0 Å². The summed E-state index contributed by atoms with van der Waals surface area (Å²) in [6.07, 6.45) is 0.526. The molecular weight excluding hydrogens is 287 g/mol. The number of rotatable bonds is 4. The van der Waals surface area contributed by atoms with Crippen LogP contribution < -0.4 is 5.73 Å². The summed E-state index contributed by atoms with van der Waals surface area (Å²) in [6.45, 7) is 0. The second-order valence-corrected chi connectivity index (χ2v) is 5.04. The lowest BCUT2D eigenvalue weighted by atomic mass is 9.99. The van der Waals surface area contributed by atoms with E-state index in [0.29, 0.717) is 12.0 Å². The van der Waals surface area contributed by atoms with Gasteiger partial charge in [0.25, 0.3) is 0 Å². The van der Waals surface area contributed by atoms with Crippen LogP contribution in [-0.4, -0.2) is 6.04 Å². The van der Waals surface area contributed by atoms with Crippen LogP contribution in [0.25, 0.3) is 0 Å². The lowest BCUT2D eigenvalue weighted by Gasteiger charge is -2.13. The topological polar surface area (TPSA) is 26.0 Å². The summed E-state index contributed by atoms with van der Waals surface area (Å²) in [5.74, 6) is -2.30. The van der Waals surface area contributed by atoms with Crippen molar-refractivity contribution in [3.63, 3.8) is 0 Å². The molecule has 2 aromatic carbocycles. The summed E-state index contributed by atoms with van der Waals surface area (Å²) in [4.78, 5) is 0. The second-order valence-electron chi connectivity index (χ2n) is 4.63. The summed E-state index contributed by atoms with van der Waals surface area (Å²) >= 11 is 5.59. The molecule has 2 N–H and O–H groups in total. The molecule has 0 aliphatic carbocycles. The molecule has 2 rings (SSSR count). The first-order chi connectivity index (χ1) is 9.47. The molecule has 2 aromatic rings. The van der Waals surface area contributed by atoms with Crippen LogP contribution >= 0.6 is 11.6 Å². The molecule has 0 heterocycles. The van der Waals surface area contributed by atoms with Crippen LogP contribution in [-0.2, 0) is 12.8 Å². The lowest BCUT2D eigenvalue weighted by Crippen LogP contribution is -2.26. The van der Waals surface area contributed by atoms with Crippen molar-refractivity contribution in [1.82, 2.24) is 0 Å². The SMILES string of the molecule is NC(Cc1ccc(Cl)c(F)c1)Cc1cccc(F)c1F. The normalized spacial score (nSPS) is 12.4. The maximum atomic E-state index is 13.5. The highest BCUT2D eigenvalue weighted by Gasteiger charge is 2.12. The van der Waals surface area contributed by atoms with E-state index in [2.05, 4.69) is 0 Å². The molecular formula is C15H13ClF3N. The van der Waals surface area contributed by atoms with Gasteiger partial charge in [-0.2, -0.15) is 0 Å². The van der Waals surface area contributed by atoms with Crippen molar-refractivity contribution < 1.29 is 13.2 Å². The molecule has 0 aliphatic rings. The molecule has 1 unspecified atom stereocenters. The van der Waals surface area contributed by atoms with Crippen LogP contribution in [0.5, 0.6) is 0 Å². The first-order valence-electron chi connectivity index (χ1n) is 6.09. The van der Waals surface area contributed by atoms with E-state index in [0.717, 1.165) is 6.07 Å². The fourth-order valence-electron chi connectivity index (χ4n) is 2.03. The van der Waals surface area contributed by atoms with Crippen LogP contribution in [0.2, 0.25) is 5.02 Å². The first kappa shape index (κ1) is 14.9. The number of hydrogen-bond donors (Lipinski definition) is 1. The summed E-state index contributed by atoms with van der Waals surface area (Å²) in [5.41, 5.74) is 6.78. The third kappa shape index (κ3) is 3.52. The van der Waals surface area contributed by atoms with Gasteiger partial charge in [-0.05, 0) is 42.2 Å². The number of benzene rings is 2. The Morgan fingerprint density at radius 3 is 2.45 bits per heavy atom. The van der Waals surface area contributed by atoms with Crippen molar-refractivity contribution in [2.45, 2.75) is 18.9 Å². The van der Waals surface area contributed by atoms with Crippen LogP contribution in [0, 0.1) is 17.5 Å². The summed E-state index contributed by atoms with van der Waals surface area (Å²) in [7, 11) is 0. The minimum absolute atomic E-state index is 0.0403. The molecule has 0 aliphatic heterocycles. The fraction of sp³-hybridized carbons (Fsp3) is 0.200. The van der Waals surface area contributed by atoms with E-state index in [1.165, 1.54) is 24.3 Å². The quantitative estimate of drug-likeness (QED) is 0.911. The Kier molecular flexibility index (Phi) is 4.68. The summed E-state index contributed by atoms with van der Waals surface area (Å²) in [5, 5.41) is 0.0403. The van der Waals surface area contributed by atoms with E-state index in [4.69, 9.17) is 17.3 Å². The van der Waals surface area contributed by atoms with Gasteiger partial charge in [0.15, 0.2) is 11.6 Å². The Morgan fingerprint density at radius 1 is 1.00 bits per heavy atom. The van der Waals surface area contributed by atoms with Crippen LogP contribution in [0.4, 0.5) is 13.2 Å². The second kappa shape index (κ2) is 6.29. The lowest BCUT2D eigenvalue weighted by molar-refractivity contribution is 0.492. The van der Waals surface area contributed by atoms with Gasteiger partial charge < -0.3 is 5.73 Å². The zero-order chi connectivity index (χ0) is 14.7. The molecule has 0 spiro atoms. The third-order valence-corrected chi connectivity index (χ3v) is 3.30. The monoisotopic (exact) mass is 299 g/mol. The molecule has 20 heavy (non-hydrogen) atoms. The highest BCUT2D eigenvalue weighted by molar-refractivity contribution is 6.30. The van der Waals surface area contributed by atoms with Gasteiger partial charge in [0, 0.05) is 6.04 Å². The zero-order valence-electron chi connectivity index (χ0n) is 10.5. The average Bonchev–Trinajstić information content (AvgIpc) is 2.39. The van der Waals surface area contributed by atoms with Crippen LogP contribution in [0.1, 0.15) is 11.1 Å². The molecule has 0 amide bonds. The zero-order valence-corrected chi connectivity index (χ0v) is 11.3. The minimum Gasteiger partial charge on any atom is -0.327 e. The van der Waals surface area contributed by atoms with E-state index in [1.54, 1.807) is 6.07 Å². The molecule has 5 heteroatoms. The standard InChI is InChI=1S/C15H13ClF3N/c16-12-5-4-9(7-14(12)18)6-11(20)8-10-2-1-3-13(17)15(10)19/h1-5,7,11H,6,8,20H2. The van der Waals surface area contributed by atoms with Crippen molar-refractivity contribution in [2.75, 3.05) is 0 Å². The molecule has 0 fully saturated rings. The Labute approximate surface area is 120 Å². The van der Waals surface area contributed by atoms with Gasteiger partial charge in [-0.25, -0.2) is 13.2 Å². The van der Waals surface area contributed by atoms with Gasteiger partial charge >= 0.3 is 0 Å². The van der Waals surface area contributed by atoms with Crippen LogP contribution in [0.3, 0.4) is 0 Å². The van der Waals surface area contributed by atoms with Gasteiger partial charge in [-0.1, -0.05) is 29.8 Å². The molecule has 106 valence electrons. The van der Waals surface area contributed by atoms with E-state index < -0.39 is 23.5 Å². The summed E-state index contributed by atoms with van der Waals surface area (Å²) in [6, 6.07) is 7.94. The predicted octanol–water partition coefficient (Wildman–Crippen LogP) is 3.87. The van der Waals surface area contributed by atoms with E-state index >= 15 is 0 Å². The minimum atomic E-state index is -0.896. The maximum absolute atomic E-state index is 13.5. The van der Waals surface area contributed by atoms with Gasteiger partial charge in [0.2, 0.25) is 0 Å². The highest BCUT2D eigenvalue weighted by atomic mass is 35.5. The molecule has 0 saturated heterocycles. The van der Waals surface area contributed by atoms with E-state index in [9.17, 15) is 13.2 Å². The molecule has 0 bridgehead atoms. The Balaban J connectivity index is 2.07.